The van der Waals surface area contributed by atoms with E-state index in [-0.39, 0.29) is 0 Å². The van der Waals surface area contributed by atoms with Crippen LogP contribution in [0.2, 0.25) is 0 Å². The van der Waals surface area contributed by atoms with Crippen molar-refractivity contribution >= 4 is 11.8 Å². The van der Waals surface area contributed by atoms with Gasteiger partial charge in [0.15, 0.2) is 0 Å². The fraction of sp³-hybridized carbons (Fsp3) is 0.600. The number of carboxylic acids is 1. The van der Waals surface area contributed by atoms with Gasteiger partial charge in [0.05, 0.1) is 5.56 Å². The molecule has 2 rings (SSSR count). The summed E-state index contributed by atoms with van der Waals surface area (Å²) in [5.41, 5.74) is 1.24. The molecule has 1 fully saturated rings. The van der Waals surface area contributed by atoms with Crippen molar-refractivity contribution in [2.24, 2.45) is 5.92 Å². The number of carboxylic acid groups (broad SMARTS) is 1. The number of piperidine rings is 1. The zero-order valence-electron chi connectivity index (χ0n) is 11.7. The Morgan fingerprint density at radius 3 is 2.68 bits per heavy atom. The standard InChI is InChI=1S/C15H22N2O2/c1-3-4-13-9-12(15(18)19)10-14(16-13)17-7-5-11(2)6-8-17/h9-11H,3-8H2,1-2H3,(H,18,19). The van der Waals surface area contributed by atoms with E-state index in [0.717, 1.165) is 56.2 Å². The first-order chi connectivity index (χ1) is 9.10. The molecule has 1 aromatic heterocycles. The number of hydrogen-bond donors (Lipinski definition) is 1. The summed E-state index contributed by atoms with van der Waals surface area (Å²) in [6.45, 7) is 6.30. The molecule has 1 saturated heterocycles. The van der Waals surface area contributed by atoms with E-state index in [2.05, 4.69) is 23.7 Å². The highest BCUT2D eigenvalue weighted by atomic mass is 16.4. The lowest BCUT2D eigenvalue weighted by molar-refractivity contribution is 0.0696. The summed E-state index contributed by atoms with van der Waals surface area (Å²) < 4.78 is 0. The first-order valence-corrected chi connectivity index (χ1v) is 7.09. The molecule has 1 aromatic rings. The van der Waals surface area contributed by atoms with Crippen LogP contribution in [0.1, 0.15) is 49.2 Å². The molecule has 0 amide bonds. The molecule has 104 valence electrons. The summed E-state index contributed by atoms with van der Waals surface area (Å²) >= 11 is 0. The van der Waals surface area contributed by atoms with Gasteiger partial charge in [0.25, 0.3) is 0 Å². The van der Waals surface area contributed by atoms with E-state index >= 15 is 0 Å². The second kappa shape index (κ2) is 6.04. The number of carbonyl (C=O) groups is 1. The quantitative estimate of drug-likeness (QED) is 0.906. The first-order valence-electron chi connectivity index (χ1n) is 7.09. The van der Waals surface area contributed by atoms with Gasteiger partial charge < -0.3 is 10.0 Å². The Labute approximate surface area is 114 Å². The van der Waals surface area contributed by atoms with Gasteiger partial charge in [0, 0.05) is 18.8 Å². The minimum atomic E-state index is -0.869. The Morgan fingerprint density at radius 1 is 1.42 bits per heavy atom. The zero-order valence-corrected chi connectivity index (χ0v) is 11.7. The molecule has 0 saturated carbocycles. The Balaban J connectivity index is 2.25. The van der Waals surface area contributed by atoms with Crippen molar-refractivity contribution in [2.45, 2.75) is 39.5 Å². The number of anilines is 1. The SMILES string of the molecule is CCCc1cc(C(=O)O)cc(N2CCC(C)CC2)n1. The molecule has 0 radical (unpaired) electrons. The molecule has 0 aliphatic carbocycles. The lowest BCUT2D eigenvalue weighted by Gasteiger charge is -2.31. The van der Waals surface area contributed by atoms with Gasteiger partial charge in [0.2, 0.25) is 0 Å². The average Bonchev–Trinajstić information content (AvgIpc) is 2.39. The van der Waals surface area contributed by atoms with E-state index in [9.17, 15) is 9.90 Å². The van der Waals surface area contributed by atoms with E-state index in [1.807, 2.05) is 0 Å². The molecule has 2 heterocycles. The first kappa shape index (κ1) is 13.8. The number of pyridine rings is 1. The third kappa shape index (κ3) is 3.46. The molecular weight excluding hydrogens is 240 g/mol. The summed E-state index contributed by atoms with van der Waals surface area (Å²) in [4.78, 5) is 18.0. The number of aromatic carboxylic acids is 1. The third-order valence-corrected chi connectivity index (χ3v) is 3.73. The predicted octanol–water partition coefficient (Wildman–Crippen LogP) is 2.97. The van der Waals surface area contributed by atoms with E-state index in [0.29, 0.717) is 5.56 Å². The minimum absolute atomic E-state index is 0.354. The average molecular weight is 262 g/mol. The Kier molecular flexibility index (Phi) is 4.40. The molecular formula is C15H22N2O2. The zero-order chi connectivity index (χ0) is 13.8. The summed E-state index contributed by atoms with van der Waals surface area (Å²) in [5.74, 6) is 0.718. The van der Waals surface area contributed by atoms with Gasteiger partial charge in [-0.3, -0.25) is 0 Å². The normalized spacial score (nSPS) is 16.6. The predicted molar refractivity (Wildman–Crippen MR) is 75.8 cm³/mol. The fourth-order valence-electron chi connectivity index (χ4n) is 2.48. The molecule has 0 unspecified atom stereocenters. The van der Waals surface area contributed by atoms with Crippen LogP contribution in [-0.2, 0) is 6.42 Å². The second-order valence-corrected chi connectivity index (χ2v) is 5.43. The van der Waals surface area contributed by atoms with Crippen molar-refractivity contribution in [3.8, 4) is 0 Å². The van der Waals surface area contributed by atoms with Gasteiger partial charge in [-0.15, -0.1) is 0 Å². The summed E-state index contributed by atoms with van der Waals surface area (Å²) in [7, 11) is 0. The van der Waals surface area contributed by atoms with E-state index in [1.165, 1.54) is 0 Å². The molecule has 0 bridgehead atoms. The maximum Gasteiger partial charge on any atom is 0.335 e. The van der Waals surface area contributed by atoms with Crippen molar-refractivity contribution in [3.05, 3.63) is 23.4 Å². The third-order valence-electron chi connectivity index (χ3n) is 3.73. The molecule has 19 heavy (non-hydrogen) atoms. The minimum Gasteiger partial charge on any atom is -0.478 e. The number of rotatable bonds is 4. The monoisotopic (exact) mass is 262 g/mol. The Hall–Kier alpha value is -1.58. The molecule has 1 N–H and O–H groups in total. The second-order valence-electron chi connectivity index (χ2n) is 5.43. The highest BCUT2D eigenvalue weighted by molar-refractivity contribution is 5.88. The number of aromatic nitrogens is 1. The maximum atomic E-state index is 11.2. The van der Waals surface area contributed by atoms with Gasteiger partial charge in [-0.25, -0.2) is 9.78 Å². The molecule has 0 spiro atoms. The van der Waals surface area contributed by atoms with Gasteiger partial charge in [-0.2, -0.15) is 0 Å². The van der Waals surface area contributed by atoms with Crippen LogP contribution in [0.25, 0.3) is 0 Å². The molecule has 1 aliphatic heterocycles. The van der Waals surface area contributed by atoms with Crippen LogP contribution in [-0.4, -0.2) is 29.1 Å². The molecule has 1 aliphatic rings. The summed E-state index contributed by atoms with van der Waals surface area (Å²) in [5, 5.41) is 9.20. The highest BCUT2D eigenvalue weighted by Crippen LogP contribution is 2.23. The van der Waals surface area contributed by atoms with Crippen molar-refractivity contribution in [1.82, 2.24) is 4.98 Å². The fourth-order valence-corrected chi connectivity index (χ4v) is 2.48. The molecule has 0 aromatic carbocycles. The van der Waals surface area contributed by atoms with Gasteiger partial charge in [0.1, 0.15) is 5.82 Å². The number of aryl methyl sites for hydroxylation is 1. The van der Waals surface area contributed by atoms with E-state index < -0.39 is 5.97 Å². The Morgan fingerprint density at radius 2 is 2.11 bits per heavy atom. The number of hydrogen-bond acceptors (Lipinski definition) is 3. The molecule has 4 nitrogen and oxygen atoms in total. The highest BCUT2D eigenvalue weighted by Gasteiger charge is 2.18. The number of nitrogens with zero attached hydrogens (tertiary/aromatic N) is 2. The van der Waals surface area contributed by atoms with Crippen LogP contribution in [0.15, 0.2) is 12.1 Å². The lowest BCUT2D eigenvalue weighted by atomic mass is 9.99. The smallest absolute Gasteiger partial charge is 0.335 e. The van der Waals surface area contributed by atoms with Gasteiger partial charge in [-0.1, -0.05) is 20.3 Å². The summed E-state index contributed by atoms with van der Waals surface area (Å²) in [6.07, 6.45) is 4.12. The topological polar surface area (TPSA) is 53.4 Å². The van der Waals surface area contributed by atoms with Crippen molar-refractivity contribution < 1.29 is 9.90 Å². The van der Waals surface area contributed by atoms with Crippen molar-refractivity contribution in [1.29, 1.82) is 0 Å². The van der Waals surface area contributed by atoms with Gasteiger partial charge >= 0.3 is 5.97 Å². The lowest BCUT2D eigenvalue weighted by Crippen LogP contribution is -2.33. The van der Waals surface area contributed by atoms with Gasteiger partial charge in [-0.05, 0) is 37.3 Å². The summed E-state index contributed by atoms with van der Waals surface area (Å²) in [6, 6.07) is 3.40. The largest absolute Gasteiger partial charge is 0.478 e. The van der Waals surface area contributed by atoms with Crippen molar-refractivity contribution in [3.63, 3.8) is 0 Å². The molecule has 0 atom stereocenters. The van der Waals surface area contributed by atoms with E-state index in [1.54, 1.807) is 12.1 Å². The van der Waals surface area contributed by atoms with Crippen molar-refractivity contribution in [2.75, 3.05) is 18.0 Å². The van der Waals surface area contributed by atoms with Crippen LogP contribution in [0.3, 0.4) is 0 Å². The maximum absolute atomic E-state index is 11.2. The molecule has 4 heteroatoms. The van der Waals surface area contributed by atoms with Crippen LogP contribution >= 0.6 is 0 Å². The van der Waals surface area contributed by atoms with Crippen LogP contribution in [0, 0.1) is 5.92 Å². The Bertz CT molecular complexity index is 451. The van der Waals surface area contributed by atoms with E-state index in [4.69, 9.17) is 0 Å². The van der Waals surface area contributed by atoms with Crippen LogP contribution < -0.4 is 4.90 Å². The van der Waals surface area contributed by atoms with Crippen LogP contribution in [0.4, 0.5) is 5.82 Å². The van der Waals surface area contributed by atoms with Crippen LogP contribution in [0.5, 0.6) is 0 Å².